The van der Waals surface area contributed by atoms with Gasteiger partial charge in [0.05, 0.1) is 23.1 Å². The molecule has 4 N–H and O–H groups in total. The highest BCUT2D eigenvalue weighted by Crippen LogP contribution is 2.52. The minimum atomic E-state index is -3.17. The molecule has 1 aromatic heterocycles. The summed E-state index contributed by atoms with van der Waals surface area (Å²) in [5, 5.41) is 9.85. The lowest BCUT2D eigenvalue weighted by atomic mass is 9.85. The SMILES string of the molecule is O=C(Nc1ccc2c(c1)C(F)(F)c1cc(-c3ccc4nc([C@@H]5CCCN5)[nH]c4c3)ccc1-2)[C@@H]1C[C@@H]2CCCCC2N1. The smallest absolute Gasteiger partial charge is 0.299 e. The molecule has 1 amide bonds. The minimum Gasteiger partial charge on any atom is -0.341 e. The Morgan fingerprint density at radius 3 is 2.51 bits per heavy atom. The molecular formula is C33H33F2N5O. The average Bonchev–Trinajstić information content (AvgIpc) is 3.78. The number of carbonyl (C=O) groups is 1. The second-order valence-electron chi connectivity index (χ2n) is 12.2. The molecule has 3 fully saturated rings. The number of aromatic nitrogens is 2. The summed E-state index contributed by atoms with van der Waals surface area (Å²) >= 11 is 0. The number of hydrogen-bond donors (Lipinski definition) is 4. The molecule has 0 spiro atoms. The molecule has 3 aromatic carbocycles. The Bertz CT molecular complexity index is 1660. The van der Waals surface area contributed by atoms with Crippen LogP contribution >= 0.6 is 0 Å². The van der Waals surface area contributed by atoms with Crippen molar-refractivity contribution in [3.8, 4) is 22.3 Å². The standard InChI is InChI=1S/C33H33F2N5O/c34-33(35)24-14-18(19-8-12-27-29(15-19)40-31(39-27)28-6-3-13-36-28)7-10-22(24)23-11-9-21(17-25(23)33)37-32(41)30-16-20-4-1-2-5-26(20)38-30/h7-12,14-15,17,20,26,28,30,36,38H,1-6,13,16H2,(H,37,41)(H,39,40)/t20-,26?,28-,30-/m0/s1. The van der Waals surface area contributed by atoms with Crippen LogP contribution in [-0.2, 0) is 10.7 Å². The van der Waals surface area contributed by atoms with Crippen LogP contribution in [0.15, 0.2) is 54.6 Å². The number of nitrogens with zero attached hydrogens (tertiary/aromatic N) is 1. The third-order valence-corrected chi connectivity index (χ3v) is 9.68. The Kier molecular flexibility index (Phi) is 5.80. The Hall–Kier alpha value is -3.62. The van der Waals surface area contributed by atoms with E-state index in [9.17, 15) is 4.79 Å². The molecule has 2 aliphatic carbocycles. The van der Waals surface area contributed by atoms with Crippen LogP contribution < -0.4 is 16.0 Å². The van der Waals surface area contributed by atoms with E-state index in [4.69, 9.17) is 4.98 Å². The van der Waals surface area contributed by atoms with Crippen LogP contribution in [0.4, 0.5) is 14.5 Å². The normalized spacial score (nSPS) is 26.1. The number of aromatic amines is 1. The molecule has 210 valence electrons. The van der Waals surface area contributed by atoms with E-state index in [0.717, 1.165) is 66.6 Å². The molecule has 0 radical (unpaired) electrons. The maximum absolute atomic E-state index is 15.9. The highest BCUT2D eigenvalue weighted by Gasteiger charge is 2.45. The fourth-order valence-electron chi connectivity index (χ4n) is 7.52. The molecule has 3 heterocycles. The topological polar surface area (TPSA) is 81.8 Å². The van der Waals surface area contributed by atoms with Gasteiger partial charge in [-0.2, -0.15) is 8.78 Å². The first-order chi connectivity index (χ1) is 19.9. The number of rotatable bonds is 4. The van der Waals surface area contributed by atoms with Gasteiger partial charge in [0, 0.05) is 22.9 Å². The van der Waals surface area contributed by atoms with E-state index in [1.807, 2.05) is 24.3 Å². The molecule has 4 atom stereocenters. The highest BCUT2D eigenvalue weighted by molar-refractivity contribution is 5.96. The van der Waals surface area contributed by atoms with Crippen molar-refractivity contribution >= 4 is 22.6 Å². The number of hydrogen-bond acceptors (Lipinski definition) is 4. The van der Waals surface area contributed by atoms with Gasteiger partial charge in [0.2, 0.25) is 5.91 Å². The average molecular weight is 554 g/mol. The molecule has 0 bridgehead atoms. The zero-order valence-corrected chi connectivity index (χ0v) is 22.8. The molecular weight excluding hydrogens is 520 g/mol. The van der Waals surface area contributed by atoms with E-state index < -0.39 is 5.92 Å². The predicted molar refractivity (Wildman–Crippen MR) is 156 cm³/mol. The van der Waals surface area contributed by atoms with Crippen LogP contribution in [0.1, 0.15) is 67.9 Å². The van der Waals surface area contributed by atoms with Gasteiger partial charge in [0.25, 0.3) is 5.92 Å². The van der Waals surface area contributed by atoms with Gasteiger partial charge in [-0.05, 0) is 97.2 Å². The Balaban J connectivity index is 1.05. The van der Waals surface area contributed by atoms with Gasteiger partial charge in [-0.15, -0.1) is 0 Å². The molecule has 8 heteroatoms. The molecule has 4 aromatic rings. The maximum Gasteiger partial charge on any atom is 0.299 e. The van der Waals surface area contributed by atoms with Gasteiger partial charge in [-0.25, -0.2) is 4.98 Å². The lowest BCUT2D eigenvalue weighted by Crippen LogP contribution is -2.39. The first kappa shape index (κ1) is 25.1. The number of benzene rings is 3. The first-order valence-electron chi connectivity index (χ1n) is 14.9. The van der Waals surface area contributed by atoms with Crippen LogP contribution in [-0.4, -0.2) is 34.5 Å². The quantitative estimate of drug-likeness (QED) is 0.229. The summed E-state index contributed by atoms with van der Waals surface area (Å²) in [4.78, 5) is 21.2. The van der Waals surface area contributed by atoms with Gasteiger partial charge in [-0.3, -0.25) is 4.79 Å². The molecule has 2 saturated heterocycles. The van der Waals surface area contributed by atoms with Crippen molar-refractivity contribution in [3.63, 3.8) is 0 Å². The van der Waals surface area contributed by atoms with Gasteiger partial charge < -0.3 is 20.9 Å². The Morgan fingerprint density at radius 1 is 0.902 bits per heavy atom. The number of carbonyl (C=O) groups excluding carboxylic acids is 1. The van der Waals surface area contributed by atoms with E-state index in [-0.39, 0.29) is 29.1 Å². The number of alkyl halides is 2. The van der Waals surface area contributed by atoms with E-state index >= 15 is 8.78 Å². The summed E-state index contributed by atoms with van der Waals surface area (Å²) in [5.74, 6) is -1.84. The first-order valence-corrected chi connectivity index (χ1v) is 14.9. The summed E-state index contributed by atoms with van der Waals surface area (Å²) in [6.45, 7) is 0.991. The second-order valence-corrected chi connectivity index (χ2v) is 12.2. The molecule has 4 aliphatic rings. The second kappa shape index (κ2) is 9.46. The minimum absolute atomic E-state index is 0.00411. The Labute approximate surface area is 237 Å². The third kappa shape index (κ3) is 4.18. The Morgan fingerprint density at radius 2 is 1.68 bits per heavy atom. The van der Waals surface area contributed by atoms with Crippen molar-refractivity contribution in [2.75, 3.05) is 11.9 Å². The number of H-pyrrole nitrogens is 1. The van der Waals surface area contributed by atoms with Gasteiger partial charge in [0.15, 0.2) is 0 Å². The van der Waals surface area contributed by atoms with Gasteiger partial charge in [-0.1, -0.05) is 37.1 Å². The molecule has 1 saturated carbocycles. The van der Waals surface area contributed by atoms with Crippen molar-refractivity contribution in [1.29, 1.82) is 0 Å². The number of amides is 1. The van der Waals surface area contributed by atoms with Crippen molar-refractivity contribution in [3.05, 3.63) is 71.5 Å². The fraction of sp³-hybridized carbons (Fsp3) is 0.394. The summed E-state index contributed by atoms with van der Waals surface area (Å²) in [7, 11) is 0. The van der Waals surface area contributed by atoms with Crippen LogP contribution in [0.5, 0.6) is 0 Å². The summed E-state index contributed by atoms with van der Waals surface area (Å²) in [6.07, 6.45) is 7.67. The number of fused-ring (bicyclic) bond motifs is 5. The summed E-state index contributed by atoms with van der Waals surface area (Å²) < 4.78 is 31.9. The van der Waals surface area contributed by atoms with Crippen LogP contribution in [0, 0.1) is 5.92 Å². The van der Waals surface area contributed by atoms with Crippen molar-refractivity contribution in [1.82, 2.24) is 20.6 Å². The summed E-state index contributed by atoms with van der Waals surface area (Å²) in [5.41, 5.74) is 4.76. The van der Waals surface area contributed by atoms with Crippen LogP contribution in [0.3, 0.4) is 0 Å². The van der Waals surface area contributed by atoms with Crippen molar-refractivity contribution in [2.45, 2.75) is 69.0 Å². The maximum atomic E-state index is 15.9. The van der Waals surface area contributed by atoms with E-state index in [1.165, 1.54) is 18.9 Å². The van der Waals surface area contributed by atoms with Crippen LogP contribution in [0.2, 0.25) is 0 Å². The monoisotopic (exact) mass is 553 g/mol. The zero-order valence-electron chi connectivity index (χ0n) is 22.8. The van der Waals surface area contributed by atoms with E-state index in [1.54, 1.807) is 24.3 Å². The van der Waals surface area contributed by atoms with Crippen molar-refractivity contribution in [2.24, 2.45) is 5.92 Å². The zero-order chi connectivity index (χ0) is 27.7. The molecule has 1 unspecified atom stereocenters. The predicted octanol–water partition coefficient (Wildman–Crippen LogP) is 6.63. The van der Waals surface area contributed by atoms with E-state index in [0.29, 0.717) is 28.8 Å². The fourth-order valence-corrected chi connectivity index (χ4v) is 7.52. The van der Waals surface area contributed by atoms with E-state index in [2.05, 4.69) is 20.9 Å². The third-order valence-electron chi connectivity index (χ3n) is 9.68. The lowest BCUT2D eigenvalue weighted by Gasteiger charge is -2.24. The van der Waals surface area contributed by atoms with Crippen molar-refractivity contribution < 1.29 is 13.6 Å². The van der Waals surface area contributed by atoms with Gasteiger partial charge >= 0.3 is 0 Å². The highest BCUT2D eigenvalue weighted by atomic mass is 19.3. The number of nitrogens with one attached hydrogen (secondary N) is 4. The number of anilines is 1. The molecule has 41 heavy (non-hydrogen) atoms. The van der Waals surface area contributed by atoms with Gasteiger partial charge in [0.1, 0.15) is 5.82 Å². The van der Waals surface area contributed by atoms with Crippen LogP contribution in [0.25, 0.3) is 33.3 Å². The number of imidazole rings is 1. The summed E-state index contributed by atoms with van der Waals surface area (Å²) in [6, 6.07) is 16.4. The molecule has 6 nitrogen and oxygen atoms in total. The molecule has 2 aliphatic heterocycles. The largest absolute Gasteiger partial charge is 0.341 e. The molecule has 8 rings (SSSR count). The number of halogens is 2. The lowest BCUT2D eigenvalue weighted by molar-refractivity contribution is -0.117.